The zero-order valence-electron chi connectivity index (χ0n) is 15.1. The number of ether oxygens (including phenoxy) is 1. The van der Waals surface area contributed by atoms with Crippen LogP contribution in [0.3, 0.4) is 0 Å². The van der Waals surface area contributed by atoms with Crippen LogP contribution in [0.4, 0.5) is 14.9 Å². The van der Waals surface area contributed by atoms with E-state index in [0.717, 1.165) is 4.90 Å². The van der Waals surface area contributed by atoms with Crippen molar-refractivity contribution in [3.05, 3.63) is 54.0 Å². The highest BCUT2D eigenvalue weighted by Gasteiger charge is 2.37. The van der Waals surface area contributed by atoms with Crippen molar-refractivity contribution in [3.63, 3.8) is 0 Å². The average Bonchev–Trinajstić information content (AvgIpc) is 2.94. The van der Waals surface area contributed by atoms with Crippen LogP contribution >= 0.6 is 0 Å². The number of halogens is 1. The Balaban J connectivity index is 1.52. The van der Waals surface area contributed by atoms with Gasteiger partial charge in [0.25, 0.3) is 5.91 Å². The highest BCUT2D eigenvalue weighted by Crippen LogP contribution is 2.17. The van der Waals surface area contributed by atoms with Crippen LogP contribution in [0.1, 0.15) is 18.4 Å². The molecule has 3 rings (SSSR count). The summed E-state index contributed by atoms with van der Waals surface area (Å²) in [6, 6.07) is 7.61. The highest BCUT2D eigenvalue weighted by molar-refractivity contribution is 6.04. The zero-order valence-corrected chi connectivity index (χ0v) is 15.1. The molecule has 1 fully saturated rings. The summed E-state index contributed by atoms with van der Waals surface area (Å²) in [6.07, 6.45) is 1.65. The van der Waals surface area contributed by atoms with Crippen LogP contribution in [0.2, 0.25) is 0 Å². The maximum atomic E-state index is 13.3. The van der Waals surface area contributed by atoms with E-state index < -0.39 is 23.8 Å². The van der Waals surface area contributed by atoms with Gasteiger partial charge in [0.1, 0.15) is 11.9 Å². The monoisotopic (exact) mass is 386 g/mol. The summed E-state index contributed by atoms with van der Waals surface area (Å²) >= 11 is 0. The summed E-state index contributed by atoms with van der Waals surface area (Å²) in [5.74, 6) is -0.757. The Morgan fingerprint density at radius 1 is 1.32 bits per heavy atom. The molecule has 28 heavy (non-hydrogen) atoms. The van der Waals surface area contributed by atoms with E-state index in [0.29, 0.717) is 17.1 Å². The fourth-order valence-electron chi connectivity index (χ4n) is 2.81. The summed E-state index contributed by atoms with van der Waals surface area (Å²) in [6.45, 7) is -0.0252. The lowest BCUT2D eigenvalue weighted by Gasteiger charge is -2.13. The van der Waals surface area contributed by atoms with Gasteiger partial charge in [0.2, 0.25) is 11.8 Å². The van der Waals surface area contributed by atoms with Crippen LogP contribution in [0.15, 0.2) is 42.6 Å². The first-order valence-corrected chi connectivity index (χ1v) is 8.62. The molecule has 8 nitrogen and oxygen atoms in total. The van der Waals surface area contributed by atoms with Crippen LogP contribution in [0, 0.1) is 5.82 Å². The van der Waals surface area contributed by atoms with Crippen molar-refractivity contribution in [2.24, 2.45) is 0 Å². The van der Waals surface area contributed by atoms with Gasteiger partial charge in [-0.1, -0.05) is 12.1 Å². The third-order valence-corrected chi connectivity index (χ3v) is 4.23. The molecule has 1 aliphatic heterocycles. The second-order valence-corrected chi connectivity index (χ2v) is 6.23. The predicted octanol–water partition coefficient (Wildman–Crippen LogP) is 2.07. The lowest BCUT2D eigenvalue weighted by Crippen LogP contribution is -2.31. The summed E-state index contributed by atoms with van der Waals surface area (Å²) in [7, 11) is 1.49. The van der Waals surface area contributed by atoms with Crippen molar-refractivity contribution < 1.29 is 23.5 Å². The van der Waals surface area contributed by atoms with Crippen molar-refractivity contribution in [1.82, 2.24) is 15.2 Å². The van der Waals surface area contributed by atoms with Gasteiger partial charge in [-0.2, -0.15) is 0 Å². The molecule has 1 aliphatic rings. The maximum absolute atomic E-state index is 13.3. The molecule has 146 valence electrons. The summed E-state index contributed by atoms with van der Waals surface area (Å²) in [5.41, 5.74) is 1.01. The van der Waals surface area contributed by atoms with Crippen LogP contribution < -0.4 is 15.4 Å². The van der Waals surface area contributed by atoms with Gasteiger partial charge in [0.15, 0.2) is 0 Å². The van der Waals surface area contributed by atoms with Crippen molar-refractivity contribution in [2.75, 3.05) is 12.4 Å². The van der Waals surface area contributed by atoms with E-state index in [-0.39, 0.29) is 25.3 Å². The smallest absolute Gasteiger partial charge is 0.325 e. The number of hydrogen-bond acceptors (Lipinski definition) is 5. The Hall–Kier alpha value is -3.49. The lowest BCUT2D eigenvalue weighted by molar-refractivity contribution is -0.128. The first-order chi connectivity index (χ1) is 13.5. The molecule has 1 saturated heterocycles. The van der Waals surface area contributed by atoms with Crippen molar-refractivity contribution in [3.8, 4) is 5.88 Å². The molecule has 1 atom stereocenters. The molecule has 0 unspecified atom stereocenters. The number of aromatic nitrogens is 1. The third kappa shape index (κ3) is 4.61. The number of benzene rings is 1. The van der Waals surface area contributed by atoms with Crippen LogP contribution in [0.5, 0.6) is 5.88 Å². The first-order valence-electron chi connectivity index (χ1n) is 8.62. The van der Waals surface area contributed by atoms with E-state index >= 15 is 0 Å². The maximum Gasteiger partial charge on any atom is 0.325 e. The van der Waals surface area contributed by atoms with Crippen LogP contribution in [-0.4, -0.2) is 40.9 Å². The molecule has 0 aliphatic carbocycles. The Labute approximate surface area is 160 Å². The number of carbonyl (C=O) groups excluding carboxylic acids is 3. The normalized spacial score (nSPS) is 16.1. The minimum absolute atomic E-state index is 0.0252. The molecule has 0 saturated carbocycles. The molecule has 0 radical (unpaired) electrons. The minimum Gasteiger partial charge on any atom is -0.481 e. The van der Waals surface area contributed by atoms with Crippen molar-refractivity contribution >= 4 is 23.5 Å². The average molecular weight is 386 g/mol. The fourth-order valence-corrected chi connectivity index (χ4v) is 2.81. The second kappa shape index (κ2) is 8.47. The summed E-state index contributed by atoms with van der Waals surface area (Å²) < 4.78 is 18.2. The molecule has 2 aromatic rings. The Morgan fingerprint density at radius 2 is 2.14 bits per heavy atom. The van der Waals surface area contributed by atoms with E-state index in [1.54, 1.807) is 18.2 Å². The molecule has 0 bridgehead atoms. The predicted molar refractivity (Wildman–Crippen MR) is 97.9 cm³/mol. The quantitative estimate of drug-likeness (QED) is 0.710. The Bertz CT molecular complexity index is 888. The van der Waals surface area contributed by atoms with Gasteiger partial charge in [-0.3, -0.25) is 14.5 Å². The van der Waals surface area contributed by atoms with E-state index in [4.69, 9.17) is 4.74 Å². The lowest BCUT2D eigenvalue weighted by atomic mass is 10.1. The minimum atomic E-state index is -0.791. The molecular weight excluding hydrogens is 367 g/mol. The second-order valence-electron chi connectivity index (χ2n) is 6.23. The SMILES string of the molecule is COc1ccc(NC(=O)CC[C@@H]2NC(=O)N(Cc3cccc(F)c3)C2=O)cn1. The van der Waals surface area contributed by atoms with E-state index in [1.165, 1.54) is 31.5 Å². The first kappa shape index (κ1) is 19.3. The third-order valence-electron chi connectivity index (χ3n) is 4.23. The summed E-state index contributed by atoms with van der Waals surface area (Å²) in [4.78, 5) is 41.6. The molecule has 9 heteroatoms. The molecule has 0 spiro atoms. The summed E-state index contributed by atoms with van der Waals surface area (Å²) in [5, 5.41) is 5.22. The fraction of sp³-hybridized carbons (Fsp3) is 0.263. The van der Waals surface area contributed by atoms with Crippen molar-refractivity contribution in [1.29, 1.82) is 0 Å². The molecule has 1 aromatic carbocycles. The molecule has 4 amide bonds. The molecule has 2 N–H and O–H groups in total. The number of urea groups is 1. The standard InChI is InChI=1S/C19H19FN4O4/c1-28-17-8-5-14(10-21-17)22-16(25)7-6-15-18(26)24(19(27)23-15)11-12-3-2-4-13(20)9-12/h2-5,8-10,15H,6-7,11H2,1H3,(H,22,25)(H,23,27)/t15-/m0/s1. The van der Waals surface area contributed by atoms with Crippen LogP contribution in [0.25, 0.3) is 0 Å². The number of rotatable bonds is 7. The number of pyridine rings is 1. The number of amides is 4. The number of anilines is 1. The molecule has 1 aromatic heterocycles. The highest BCUT2D eigenvalue weighted by atomic mass is 19.1. The zero-order chi connectivity index (χ0) is 20.1. The van der Waals surface area contributed by atoms with Gasteiger partial charge >= 0.3 is 6.03 Å². The number of hydrogen-bond donors (Lipinski definition) is 2. The van der Waals surface area contributed by atoms with Crippen LogP contribution in [-0.2, 0) is 16.1 Å². The number of carbonyl (C=O) groups is 3. The van der Waals surface area contributed by atoms with Gasteiger partial charge in [0.05, 0.1) is 25.5 Å². The number of imide groups is 1. The molecule has 2 heterocycles. The number of nitrogens with zero attached hydrogens (tertiary/aromatic N) is 2. The van der Waals surface area contributed by atoms with Gasteiger partial charge < -0.3 is 15.4 Å². The Morgan fingerprint density at radius 3 is 2.82 bits per heavy atom. The topological polar surface area (TPSA) is 101 Å². The molecular formula is C19H19FN4O4. The van der Waals surface area contributed by atoms with E-state index in [2.05, 4.69) is 15.6 Å². The van der Waals surface area contributed by atoms with E-state index in [1.807, 2.05) is 0 Å². The number of methoxy groups -OCH3 is 1. The Kier molecular flexibility index (Phi) is 5.83. The van der Waals surface area contributed by atoms with Gasteiger partial charge in [-0.05, 0) is 30.2 Å². The van der Waals surface area contributed by atoms with Gasteiger partial charge in [0, 0.05) is 12.5 Å². The van der Waals surface area contributed by atoms with E-state index in [9.17, 15) is 18.8 Å². The van der Waals surface area contributed by atoms with Crippen molar-refractivity contribution in [2.45, 2.75) is 25.4 Å². The van der Waals surface area contributed by atoms with Gasteiger partial charge in [-0.25, -0.2) is 14.2 Å². The number of nitrogens with one attached hydrogen (secondary N) is 2. The largest absolute Gasteiger partial charge is 0.481 e. The van der Waals surface area contributed by atoms with Gasteiger partial charge in [-0.15, -0.1) is 0 Å².